The standard InChI is InChI=1S/C13H17F2NO/c1-10(2)11-3-5-12(6-4-11)16-7-8-17-13(14,15)9-16/h3-6,10H,7-9H2,1-2H3. The van der Waals surface area contributed by atoms with Gasteiger partial charge in [0.1, 0.15) is 6.54 Å². The minimum Gasteiger partial charge on any atom is -0.360 e. The van der Waals surface area contributed by atoms with E-state index in [4.69, 9.17) is 0 Å². The van der Waals surface area contributed by atoms with Crippen molar-refractivity contribution in [1.82, 2.24) is 0 Å². The van der Waals surface area contributed by atoms with Crippen molar-refractivity contribution in [3.63, 3.8) is 0 Å². The number of benzene rings is 1. The molecule has 1 heterocycles. The van der Waals surface area contributed by atoms with Crippen molar-refractivity contribution >= 4 is 5.69 Å². The fourth-order valence-electron chi connectivity index (χ4n) is 1.94. The zero-order valence-electron chi connectivity index (χ0n) is 10.1. The third kappa shape index (κ3) is 2.94. The number of nitrogens with zero attached hydrogens (tertiary/aromatic N) is 1. The molecule has 1 aliphatic rings. The molecule has 1 fully saturated rings. The van der Waals surface area contributed by atoms with Crippen LogP contribution < -0.4 is 4.90 Å². The number of rotatable bonds is 2. The van der Waals surface area contributed by atoms with Gasteiger partial charge in [0.2, 0.25) is 0 Å². The van der Waals surface area contributed by atoms with Crippen molar-refractivity contribution in [3.8, 4) is 0 Å². The maximum Gasteiger partial charge on any atom is 0.373 e. The Hall–Kier alpha value is -1.16. The summed E-state index contributed by atoms with van der Waals surface area (Å²) >= 11 is 0. The van der Waals surface area contributed by atoms with Gasteiger partial charge in [0, 0.05) is 12.2 Å². The van der Waals surface area contributed by atoms with Crippen LogP contribution in [0, 0.1) is 0 Å². The SMILES string of the molecule is CC(C)c1ccc(N2CCOC(F)(F)C2)cc1. The summed E-state index contributed by atoms with van der Waals surface area (Å²) in [7, 11) is 0. The fourth-order valence-corrected chi connectivity index (χ4v) is 1.94. The molecule has 1 aromatic carbocycles. The van der Waals surface area contributed by atoms with Crippen molar-refractivity contribution in [2.75, 3.05) is 24.6 Å². The molecular weight excluding hydrogens is 224 g/mol. The van der Waals surface area contributed by atoms with E-state index in [-0.39, 0.29) is 13.2 Å². The Bertz CT molecular complexity index is 376. The van der Waals surface area contributed by atoms with Crippen LogP contribution in [0.25, 0.3) is 0 Å². The van der Waals surface area contributed by atoms with Crippen LogP contribution in [0.1, 0.15) is 25.3 Å². The molecule has 0 bridgehead atoms. The quantitative estimate of drug-likeness (QED) is 0.788. The maximum absolute atomic E-state index is 13.1. The van der Waals surface area contributed by atoms with E-state index in [2.05, 4.69) is 18.6 Å². The molecule has 0 aliphatic carbocycles. The summed E-state index contributed by atoms with van der Waals surface area (Å²) in [5.74, 6) is 0.454. The average Bonchev–Trinajstić information content (AvgIpc) is 2.28. The van der Waals surface area contributed by atoms with Gasteiger partial charge < -0.3 is 9.64 Å². The molecule has 1 saturated heterocycles. The second kappa shape index (κ2) is 4.61. The van der Waals surface area contributed by atoms with Crippen LogP contribution in [0.3, 0.4) is 0 Å². The highest BCUT2D eigenvalue weighted by atomic mass is 19.3. The summed E-state index contributed by atoms with van der Waals surface area (Å²) in [5.41, 5.74) is 2.05. The Morgan fingerprint density at radius 3 is 2.41 bits per heavy atom. The second-order valence-electron chi connectivity index (χ2n) is 4.65. The van der Waals surface area contributed by atoms with E-state index in [1.165, 1.54) is 5.56 Å². The predicted molar refractivity (Wildman–Crippen MR) is 63.6 cm³/mol. The largest absolute Gasteiger partial charge is 0.373 e. The Labute approximate surface area is 100 Å². The second-order valence-corrected chi connectivity index (χ2v) is 4.65. The highest BCUT2D eigenvalue weighted by molar-refractivity contribution is 5.48. The molecule has 1 aromatic rings. The third-order valence-electron chi connectivity index (χ3n) is 2.97. The Balaban J connectivity index is 2.12. The van der Waals surface area contributed by atoms with Crippen LogP contribution in [0.15, 0.2) is 24.3 Å². The molecule has 0 amide bonds. The minimum atomic E-state index is -3.03. The Kier molecular flexibility index (Phi) is 3.33. The van der Waals surface area contributed by atoms with Crippen molar-refractivity contribution in [2.24, 2.45) is 0 Å². The van der Waals surface area contributed by atoms with Gasteiger partial charge in [0.25, 0.3) is 0 Å². The van der Waals surface area contributed by atoms with E-state index in [9.17, 15) is 8.78 Å². The van der Waals surface area contributed by atoms with Crippen LogP contribution in [0.2, 0.25) is 0 Å². The average molecular weight is 241 g/mol. The molecule has 17 heavy (non-hydrogen) atoms. The van der Waals surface area contributed by atoms with E-state index < -0.39 is 6.11 Å². The molecule has 1 aliphatic heterocycles. The number of halogens is 2. The first-order valence-electron chi connectivity index (χ1n) is 5.85. The van der Waals surface area contributed by atoms with Crippen LogP contribution in [-0.2, 0) is 4.74 Å². The Morgan fingerprint density at radius 2 is 1.88 bits per heavy atom. The molecule has 0 saturated carbocycles. The first kappa shape index (κ1) is 12.3. The lowest BCUT2D eigenvalue weighted by Gasteiger charge is -2.33. The van der Waals surface area contributed by atoms with Crippen LogP contribution in [0.5, 0.6) is 0 Å². The number of ether oxygens (including phenoxy) is 1. The first-order valence-corrected chi connectivity index (χ1v) is 5.85. The zero-order valence-corrected chi connectivity index (χ0v) is 10.1. The van der Waals surface area contributed by atoms with E-state index in [0.29, 0.717) is 12.5 Å². The van der Waals surface area contributed by atoms with Gasteiger partial charge in [-0.3, -0.25) is 0 Å². The zero-order chi connectivity index (χ0) is 12.5. The molecule has 2 rings (SSSR count). The monoisotopic (exact) mass is 241 g/mol. The molecule has 0 spiro atoms. The van der Waals surface area contributed by atoms with Gasteiger partial charge in [0.15, 0.2) is 0 Å². The summed E-state index contributed by atoms with van der Waals surface area (Å²) in [6.45, 7) is 4.43. The molecule has 0 N–H and O–H groups in total. The fraction of sp³-hybridized carbons (Fsp3) is 0.538. The van der Waals surface area contributed by atoms with Crippen molar-refractivity contribution < 1.29 is 13.5 Å². The van der Waals surface area contributed by atoms with Gasteiger partial charge in [-0.1, -0.05) is 26.0 Å². The summed E-state index contributed by atoms with van der Waals surface area (Å²) < 4.78 is 30.6. The van der Waals surface area contributed by atoms with Gasteiger partial charge in [0.05, 0.1) is 6.61 Å². The molecule has 2 nitrogen and oxygen atoms in total. The van der Waals surface area contributed by atoms with Crippen molar-refractivity contribution in [1.29, 1.82) is 0 Å². The summed E-state index contributed by atoms with van der Waals surface area (Å²) in [4.78, 5) is 1.66. The molecule has 0 unspecified atom stereocenters. The minimum absolute atomic E-state index is 0.0684. The number of anilines is 1. The number of hydrogen-bond acceptors (Lipinski definition) is 2. The lowest BCUT2D eigenvalue weighted by Crippen LogP contribution is -2.46. The highest BCUT2D eigenvalue weighted by Crippen LogP contribution is 2.26. The molecule has 0 radical (unpaired) electrons. The Morgan fingerprint density at radius 1 is 1.24 bits per heavy atom. The van der Waals surface area contributed by atoms with E-state index in [0.717, 1.165) is 5.69 Å². The normalized spacial score (nSPS) is 19.7. The third-order valence-corrected chi connectivity index (χ3v) is 2.97. The van der Waals surface area contributed by atoms with Gasteiger partial charge in [-0.25, -0.2) is 0 Å². The van der Waals surface area contributed by atoms with Crippen LogP contribution in [0.4, 0.5) is 14.5 Å². The highest BCUT2D eigenvalue weighted by Gasteiger charge is 2.36. The first-order chi connectivity index (χ1) is 7.98. The van der Waals surface area contributed by atoms with Crippen LogP contribution in [-0.4, -0.2) is 25.8 Å². The van der Waals surface area contributed by atoms with Crippen molar-refractivity contribution in [3.05, 3.63) is 29.8 Å². The molecular formula is C13H17F2NO. The molecule has 4 heteroatoms. The van der Waals surface area contributed by atoms with Gasteiger partial charge >= 0.3 is 6.11 Å². The van der Waals surface area contributed by atoms with E-state index in [1.54, 1.807) is 4.90 Å². The summed E-state index contributed by atoms with van der Waals surface area (Å²) in [5, 5.41) is 0. The predicted octanol–water partition coefficient (Wildman–Crippen LogP) is 3.24. The summed E-state index contributed by atoms with van der Waals surface area (Å²) in [6.07, 6.45) is -3.03. The van der Waals surface area contributed by atoms with Crippen LogP contribution >= 0.6 is 0 Å². The molecule has 0 aromatic heterocycles. The van der Waals surface area contributed by atoms with Gasteiger partial charge in [-0.05, 0) is 23.6 Å². The smallest absolute Gasteiger partial charge is 0.360 e. The van der Waals surface area contributed by atoms with Gasteiger partial charge in [-0.15, -0.1) is 0 Å². The topological polar surface area (TPSA) is 12.5 Å². The molecule has 0 atom stereocenters. The molecule has 94 valence electrons. The number of alkyl halides is 2. The lowest BCUT2D eigenvalue weighted by molar-refractivity contribution is -0.240. The van der Waals surface area contributed by atoms with Crippen molar-refractivity contribution in [2.45, 2.75) is 25.9 Å². The number of hydrogen-bond donors (Lipinski definition) is 0. The maximum atomic E-state index is 13.1. The van der Waals surface area contributed by atoms with Gasteiger partial charge in [-0.2, -0.15) is 8.78 Å². The van der Waals surface area contributed by atoms with E-state index in [1.807, 2.05) is 24.3 Å². The lowest BCUT2D eigenvalue weighted by atomic mass is 10.0. The number of morpholine rings is 1. The van der Waals surface area contributed by atoms with E-state index >= 15 is 0 Å². The summed E-state index contributed by atoms with van der Waals surface area (Å²) in [6, 6.07) is 7.79.